The van der Waals surface area contributed by atoms with Gasteiger partial charge in [0.15, 0.2) is 0 Å². The van der Waals surface area contributed by atoms with E-state index in [-0.39, 0.29) is 36.8 Å². The van der Waals surface area contributed by atoms with Crippen LogP contribution in [0.1, 0.15) is 45.4 Å². The molecule has 0 aromatic rings. The lowest BCUT2D eigenvalue weighted by atomic mass is 10.2. The molecule has 2 N–H and O–H groups in total. The first-order valence-corrected chi connectivity index (χ1v) is 7.52. The Morgan fingerprint density at radius 2 is 1.85 bits per heavy atom. The third-order valence-electron chi connectivity index (χ3n) is 4.25. The van der Waals surface area contributed by atoms with E-state index >= 15 is 0 Å². The first-order chi connectivity index (χ1) is 8.77. The summed E-state index contributed by atoms with van der Waals surface area (Å²) in [5, 5.41) is 6.51. The standard InChI is InChI=1S/C14H27N3O.2ClH/c1-12(17-9-4-2-3-5-10-17)14(18)16-11-13-7-6-8-15-13;;/h12-13,15H,2-11H2,1H3,(H,16,18);2*1H. The molecule has 120 valence electrons. The first-order valence-electron chi connectivity index (χ1n) is 7.52. The van der Waals surface area contributed by atoms with Gasteiger partial charge in [-0.2, -0.15) is 0 Å². The molecule has 1 amide bonds. The summed E-state index contributed by atoms with van der Waals surface area (Å²) >= 11 is 0. The number of halogens is 2. The van der Waals surface area contributed by atoms with Crippen molar-refractivity contribution in [3.63, 3.8) is 0 Å². The Morgan fingerprint density at radius 1 is 1.20 bits per heavy atom. The predicted octanol–water partition coefficient (Wildman–Crippen LogP) is 1.96. The number of nitrogens with one attached hydrogen (secondary N) is 2. The van der Waals surface area contributed by atoms with Crippen LogP contribution in [0.15, 0.2) is 0 Å². The van der Waals surface area contributed by atoms with E-state index < -0.39 is 0 Å². The fourth-order valence-corrected chi connectivity index (χ4v) is 2.95. The first kappa shape index (κ1) is 20.0. The van der Waals surface area contributed by atoms with E-state index in [1.165, 1.54) is 38.5 Å². The van der Waals surface area contributed by atoms with Crippen molar-refractivity contribution < 1.29 is 4.79 Å². The van der Waals surface area contributed by atoms with Crippen LogP contribution in [-0.2, 0) is 4.79 Å². The summed E-state index contributed by atoms with van der Waals surface area (Å²) in [7, 11) is 0. The lowest BCUT2D eigenvalue weighted by Crippen LogP contribution is -2.48. The van der Waals surface area contributed by atoms with Gasteiger partial charge in [-0.15, -0.1) is 24.8 Å². The number of hydrogen-bond donors (Lipinski definition) is 2. The second-order valence-electron chi connectivity index (χ2n) is 5.66. The molecular formula is C14H29Cl2N3O. The van der Waals surface area contributed by atoms with Crippen LogP contribution in [0.3, 0.4) is 0 Å². The van der Waals surface area contributed by atoms with Crippen molar-refractivity contribution in [1.29, 1.82) is 0 Å². The molecule has 2 aliphatic heterocycles. The maximum absolute atomic E-state index is 12.1. The highest BCUT2D eigenvalue weighted by Gasteiger charge is 2.23. The van der Waals surface area contributed by atoms with Gasteiger partial charge in [-0.25, -0.2) is 0 Å². The molecule has 0 aliphatic carbocycles. The Balaban J connectivity index is 0.00000180. The summed E-state index contributed by atoms with van der Waals surface area (Å²) in [6.45, 7) is 6.09. The molecule has 2 atom stereocenters. The lowest BCUT2D eigenvalue weighted by Gasteiger charge is -2.27. The van der Waals surface area contributed by atoms with Crippen LogP contribution >= 0.6 is 24.8 Å². The Kier molecular flexibility index (Phi) is 10.6. The van der Waals surface area contributed by atoms with Gasteiger partial charge >= 0.3 is 0 Å². The summed E-state index contributed by atoms with van der Waals surface area (Å²) in [6.07, 6.45) is 7.54. The van der Waals surface area contributed by atoms with Gasteiger partial charge in [-0.1, -0.05) is 12.8 Å². The minimum atomic E-state index is 0. The molecule has 20 heavy (non-hydrogen) atoms. The van der Waals surface area contributed by atoms with Crippen LogP contribution in [0.2, 0.25) is 0 Å². The van der Waals surface area contributed by atoms with Gasteiger partial charge in [0.05, 0.1) is 6.04 Å². The molecule has 0 bridgehead atoms. The van der Waals surface area contributed by atoms with E-state index in [4.69, 9.17) is 0 Å². The van der Waals surface area contributed by atoms with Crippen molar-refractivity contribution in [2.75, 3.05) is 26.2 Å². The third kappa shape index (κ3) is 6.17. The average molecular weight is 326 g/mol. The highest BCUT2D eigenvalue weighted by molar-refractivity contribution is 5.85. The van der Waals surface area contributed by atoms with E-state index in [1.54, 1.807) is 0 Å². The maximum atomic E-state index is 12.1. The molecule has 0 aromatic heterocycles. The Morgan fingerprint density at radius 3 is 2.40 bits per heavy atom. The van der Waals surface area contributed by atoms with Crippen LogP contribution in [0.4, 0.5) is 0 Å². The maximum Gasteiger partial charge on any atom is 0.237 e. The molecule has 2 aliphatic rings. The fraction of sp³-hybridized carbons (Fsp3) is 0.929. The zero-order valence-corrected chi connectivity index (χ0v) is 14.0. The van der Waals surface area contributed by atoms with E-state index in [9.17, 15) is 4.79 Å². The molecule has 4 nitrogen and oxygen atoms in total. The van der Waals surface area contributed by atoms with E-state index in [0.29, 0.717) is 6.04 Å². The number of likely N-dealkylation sites (tertiary alicyclic amines) is 1. The Bertz CT molecular complexity index is 265. The molecule has 0 saturated carbocycles. The molecule has 0 radical (unpaired) electrons. The smallest absolute Gasteiger partial charge is 0.237 e. The highest BCUT2D eigenvalue weighted by Crippen LogP contribution is 2.12. The summed E-state index contributed by atoms with van der Waals surface area (Å²) in [6, 6.07) is 0.523. The molecule has 2 saturated heterocycles. The fourth-order valence-electron chi connectivity index (χ4n) is 2.95. The number of carbonyl (C=O) groups excluding carboxylic acids is 1. The van der Waals surface area contributed by atoms with Gasteiger partial charge in [0.1, 0.15) is 0 Å². The molecule has 2 fully saturated rings. The predicted molar refractivity (Wildman–Crippen MR) is 88.0 cm³/mol. The molecule has 6 heteroatoms. The Hall–Kier alpha value is -0.0300. The number of amides is 1. The van der Waals surface area contributed by atoms with Crippen LogP contribution in [0.25, 0.3) is 0 Å². The van der Waals surface area contributed by atoms with E-state index in [1.807, 2.05) is 6.92 Å². The van der Waals surface area contributed by atoms with Crippen molar-refractivity contribution in [1.82, 2.24) is 15.5 Å². The van der Waals surface area contributed by atoms with Crippen LogP contribution in [0.5, 0.6) is 0 Å². The van der Waals surface area contributed by atoms with Gasteiger partial charge in [-0.3, -0.25) is 9.69 Å². The summed E-state index contributed by atoms with van der Waals surface area (Å²) in [4.78, 5) is 14.5. The second kappa shape index (κ2) is 10.7. The zero-order valence-electron chi connectivity index (χ0n) is 12.4. The monoisotopic (exact) mass is 325 g/mol. The third-order valence-corrected chi connectivity index (χ3v) is 4.25. The van der Waals surface area contributed by atoms with E-state index in [0.717, 1.165) is 26.2 Å². The minimum Gasteiger partial charge on any atom is -0.353 e. The highest BCUT2D eigenvalue weighted by atomic mass is 35.5. The van der Waals surface area contributed by atoms with Gasteiger partial charge in [-0.05, 0) is 52.2 Å². The normalized spacial score (nSPS) is 24.9. The number of hydrogen-bond acceptors (Lipinski definition) is 3. The quantitative estimate of drug-likeness (QED) is 0.830. The molecular weight excluding hydrogens is 297 g/mol. The van der Waals surface area contributed by atoms with Gasteiger partial charge in [0.2, 0.25) is 5.91 Å². The van der Waals surface area contributed by atoms with Gasteiger partial charge in [0.25, 0.3) is 0 Å². The largest absolute Gasteiger partial charge is 0.353 e. The SMILES string of the molecule is CC(C(=O)NCC1CCCN1)N1CCCCCC1.Cl.Cl. The number of rotatable bonds is 4. The molecule has 2 heterocycles. The van der Waals surface area contributed by atoms with Gasteiger partial charge < -0.3 is 10.6 Å². The van der Waals surface area contributed by atoms with Crippen LogP contribution in [0, 0.1) is 0 Å². The van der Waals surface area contributed by atoms with Crippen molar-refractivity contribution in [2.24, 2.45) is 0 Å². The van der Waals surface area contributed by atoms with Crippen LogP contribution < -0.4 is 10.6 Å². The van der Waals surface area contributed by atoms with Gasteiger partial charge in [0, 0.05) is 12.6 Å². The van der Waals surface area contributed by atoms with Crippen molar-refractivity contribution in [2.45, 2.75) is 57.5 Å². The molecule has 0 aromatic carbocycles. The zero-order chi connectivity index (χ0) is 12.8. The van der Waals surface area contributed by atoms with Crippen LogP contribution in [-0.4, -0.2) is 49.1 Å². The number of carbonyl (C=O) groups is 1. The van der Waals surface area contributed by atoms with E-state index in [2.05, 4.69) is 15.5 Å². The average Bonchev–Trinajstić information content (AvgIpc) is 2.75. The molecule has 2 unspecified atom stereocenters. The molecule has 0 spiro atoms. The van der Waals surface area contributed by atoms with Crippen molar-refractivity contribution in [3.05, 3.63) is 0 Å². The number of nitrogens with zero attached hydrogens (tertiary/aromatic N) is 1. The summed E-state index contributed by atoms with van der Waals surface area (Å²) < 4.78 is 0. The Labute approximate surface area is 135 Å². The second-order valence-corrected chi connectivity index (χ2v) is 5.66. The molecule has 2 rings (SSSR count). The topological polar surface area (TPSA) is 44.4 Å². The minimum absolute atomic E-state index is 0. The summed E-state index contributed by atoms with van der Waals surface area (Å²) in [5.41, 5.74) is 0. The van der Waals surface area contributed by atoms with Crippen molar-refractivity contribution in [3.8, 4) is 0 Å². The van der Waals surface area contributed by atoms with Crippen molar-refractivity contribution >= 4 is 30.7 Å². The summed E-state index contributed by atoms with van der Waals surface area (Å²) in [5.74, 6) is 0.200. The lowest BCUT2D eigenvalue weighted by molar-refractivity contribution is -0.125.